The van der Waals surface area contributed by atoms with Crippen molar-refractivity contribution in [3.63, 3.8) is 0 Å². The molecule has 0 aliphatic carbocycles. The van der Waals surface area contributed by atoms with Crippen LogP contribution in [0.3, 0.4) is 0 Å². The largest absolute Gasteiger partial charge is 0.318 e. The van der Waals surface area contributed by atoms with Gasteiger partial charge >= 0.3 is 0 Å². The van der Waals surface area contributed by atoms with Crippen molar-refractivity contribution in [2.75, 3.05) is 0 Å². The number of aryl methyl sites for hydroxylation is 3. The van der Waals surface area contributed by atoms with E-state index in [-0.39, 0.29) is 0 Å². The molecule has 3 rings (SSSR count). The third-order valence-corrected chi connectivity index (χ3v) is 4.37. The lowest BCUT2D eigenvalue weighted by molar-refractivity contribution is 0.960. The highest BCUT2D eigenvalue weighted by Crippen LogP contribution is 2.23. The van der Waals surface area contributed by atoms with Gasteiger partial charge in [-0.3, -0.25) is 4.99 Å². The van der Waals surface area contributed by atoms with E-state index >= 15 is 0 Å². The molecule has 122 valence electrons. The van der Waals surface area contributed by atoms with Crippen LogP contribution in [0.2, 0.25) is 5.02 Å². The summed E-state index contributed by atoms with van der Waals surface area (Å²) in [6.45, 7) is 8.53. The average molecular weight is 337 g/mol. The normalized spacial score (nSPS) is 11.4. The quantitative estimate of drug-likeness (QED) is 0.513. The molecule has 2 nitrogen and oxygen atoms in total. The van der Waals surface area contributed by atoms with Gasteiger partial charge < -0.3 is 4.57 Å². The third-order valence-electron chi connectivity index (χ3n) is 4.11. The lowest BCUT2D eigenvalue weighted by Gasteiger charge is -2.11. The Bertz CT molecular complexity index is 882. The minimum Gasteiger partial charge on any atom is -0.318 e. The van der Waals surface area contributed by atoms with E-state index in [1.54, 1.807) is 0 Å². The molecule has 0 bridgehead atoms. The Balaban J connectivity index is 1.98. The summed E-state index contributed by atoms with van der Waals surface area (Å²) in [4.78, 5) is 4.56. The van der Waals surface area contributed by atoms with Crippen molar-refractivity contribution in [2.24, 2.45) is 4.99 Å². The molecule has 2 aromatic carbocycles. The van der Waals surface area contributed by atoms with Crippen LogP contribution in [0.5, 0.6) is 0 Å². The highest BCUT2D eigenvalue weighted by molar-refractivity contribution is 6.30. The van der Waals surface area contributed by atoms with Gasteiger partial charge in [-0.05, 0) is 81.3 Å². The Morgan fingerprint density at radius 3 is 2.12 bits per heavy atom. The predicted molar refractivity (Wildman–Crippen MR) is 103 cm³/mol. The molecule has 0 unspecified atom stereocenters. The van der Waals surface area contributed by atoms with Gasteiger partial charge in [0.05, 0.1) is 5.69 Å². The summed E-state index contributed by atoms with van der Waals surface area (Å²) in [5, 5.41) is 0.724. The molecule has 0 N–H and O–H groups in total. The third kappa shape index (κ3) is 3.44. The number of halogens is 1. The molecular formula is C21H21ClN2. The molecule has 1 aromatic heterocycles. The topological polar surface area (TPSA) is 17.3 Å². The number of hydrogen-bond acceptors (Lipinski definition) is 1. The van der Waals surface area contributed by atoms with E-state index in [0.29, 0.717) is 0 Å². The standard InChI is InChI=1S/C21H21ClN2/c1-14-9-15(2)11-21(10-14)24-16(3)12-18(17(24)4)13-23-20-7-5-19(22)6-8-20/h5-13H,1-4H3. The Kier molecular flexibility index (Phi) is 4.59. The number of benzene rings is 2. The number of nitrogens with zero attached hydrogens (tertiary/aromatic N) is 2. The van der Waals surface area contributed by atoms with Crippen LogP contribution in [0.15, 0.2) is 53.5 Å². The fourth-order valence-corrected chi connectivity index (χ4v) is 3.19. The second-order valence-electron chi connectivity index (χ2n) is 6.24. The molecule has 0 saturated carbocycles. The number of aliphatic imine (C=N–C) groups is 1. The maximum absolute atomic E-state index is 5.92. The zero-order valence-corrected chi connectivity index (χ0v) is 15.2. The fourth-order valence-electron chi connectivity index (χ4n) is 3.07. The van der Waals surface area contributed by atoms with E-state index in [0.717, 1.165) is 16.3 Å². The first-order valence-corrected chi connectivity index (χ1v) is 8.39. The second-order valence-corrected chi connectivity index (χ2v) is 6.68. The number of hydrogen-bond donors (Lipinski definition) is 0. The summed E-state index contributed by atoms with van der Waals surface area (Å²) in [6.07, 6.45) is 1.92. The van der Waals surface area contributed by atoms with Crippen molar-refractivity contribution in [3.05, 3.63) is 81.6 Å². The van der Waals surface area contributed by atoms with Crippen LogP contribution in [0, 0.1) is 27.7 Å². The first kappa shape index (κ1) is 16.5. The van der Waals surface area contributed by atoms with Crippen LogP contribution in [-0.2, 0) is 0 Å². The van der Waals surface area contributed by atoms with Crippen LogP contribution in [0.1, 0.15) is 28.1 Å². The summed E-state index contributed by atoms with van der Waals surface area (Å²) in [5.74, 6) is 0. The molecule has 0 aliphatic rings. The number of aromatic nitrogens is 1. The fraction of sp³-hybridized carbons (Fsp3) is 0.190. The molecule has 3 aromatic rings. The molecule has 3 heteroatoms. The van der Waals surface area contributed by atoms with Crippen molar-refractivity contribution in [1.29, 1.82) is 0 Å². The van der Waals surface area contributed by atoms with Gasteiger partial charge in [-0.1, -0.05) is 17.7 Å². The molecule has 0 spiro atoms. The summed E-state index contributed by atoms with van der Waals surface area (Å²) < 4.78 is 2.28. The highest BCUT2D eigenvalue weighted by atomic mass is 35.5. The first-order valence-electron chi connectivity index (χ1n) is 8.01. The number of rotatable bonds is 3. The zero-order valence-electron chi connectivity index (χ0n) is 14.5. The van der Waals surface area contributed by atoms with E-state index in [2.05, 4.69) is 61.5 Å². The van der Waals surface area contributed by atoms with E-state index in [4.69, 9.17) is 11.6 Å². The average Bonchev–Trinajstić information content (AvgIpc) is 2.80. The predicted octanol–water partition coefficient (Wildman–Crippen LogP) is 6.11. The Morgan fingerprint density at radius 1 is 0.875 bits per heavy atom. The lowest BCUT2D eigenvalue weighted by Crippen LogP contribution is -2.00. The van der Waals surface area contributed by atoms with E-state index in [1.807, 2.05) is 30.5 Å². The van der Waals surface area contributed by atoms with Gasteiger partial charge in [0.1, 0.15) is 0 Å². The van der Waals surface area contributed by atoms with E-state index in [9.17, 15) is 0 Å². The summed E-state index contributed by atoms with van der Waals surface area (Å²) in [5.41, 5.74) is 8.17. The van der Waals surface area contributed by atoms with Crippen molar-refractivity contribution in [2.45, 2.75) is 27.7 Å². The molecule has 0 saturated heterocycles. The minimum atomic E-state index is 0.724. The SMILES string of the molecule is Cc1cc(C)cc(-n2c(C)cc(C=Nc3ccc(Cl)cc3)c2C)c1. The van der Waals surface area contributed by atoms with Crippen LogP contribution >= 0.6 is 11.6 Å². The Morgan fingerprint density at radius 2 is 1.50 bits per heavy atom. The van der Waals surface area contributed by atoms with Gasteiger partial charge in [-0.25, -0.2) is 0 Å². The summed E-state index contributed by atoms with van der Waals surface area (Å²) in [7, 11) is 0. The maximum atomic E-state index is 5.92. The highest BCUT2D eigenvalue weighted by Gasteiger charge is 2.10. The Labute approximate surface area is 148 Å². The van der Waals surface area contributed by atoms with Crippen molar-refractivity contribution in [3.8, 4) is 5.69 Å². The van der Waals surface area contributed by atoms with Crippen molar-refractivity contribution in [1.82, 2.24) is 4.57 Å². The smallest absolute Gasteiger partial charge is 0.0630 e. The van der Waals surface area contributed by atoms with Crippen molar-refractivity contribution < 1.29 is 0 Å². The summed E-state index contributed by atoms with van der Waals surface area (Å²) in [6, 6.07) is 16.3. The van der Waals surface area contributed by atoms with Crippen LogP contribution in [0.4, 0.5) is 5.69 Å². The van der Waals surface area contributed by atoms with Crippen LogP contribution in [0.25, 0.3) is 5.69 Å². The monoisotopic (exact) mass is 336 g/mol. The Hall–Kier alpha value is -2.32. The maximum Gasteiger partial charge on any atom is 0.0630 e. The molecule has 24 heavy (non-hydrogen) atoms. The molecule has 0 radical (unpaired) electrons. The van der Waals surface area contributed by atoms with Gasteiger partial charge in [0.2, 0.25) is 0 Å². The van der Waals surface area contributed by atoms with E-state index in [1.165, 1.54) is 28.2 Å². The van der Waals surface area contributed by atoms with Gasteiger partial charge in [-0.15, -0.1) is 0 Å². The van der Waals surface area contributed by atoms with E-state index < -0.39 is 0 Å². The van der Waals surface area contributed by atoms with Gasteiger partial charge in [-0.2, -0.15) is 0 Å². The zero-order chi connectivity index (χ0) is 17.3. The minimum absolute atomic E-state index is 0.724. The summed E-state index contributed by atoms with van der Waals surface area (Å²) >= 11 is 5.92. The molecule has 0 amide bonds. The van der Waals surface area contributed by atoms with Gasteiger partial charge in [0, 0.05) is 33.9 Å². The molecule has 0 fully saturated rings. The lowest BCUT2D eigenvalue weighted by atomic mass is 10.1. The van der Waals surface area contributed by atoms with Gasteiger partial charge in [0.25, 0.3) is 0 Å². The molecular weight excluding hydrogens is 316 g/mol. The van der Waals surface area contributed by atoms with Gasteiger partial charge in [0.15, 0.2) is 0 Å². The van der Waals surface area contributed by atoms with Crippen LogP contribution < -0.4 is 0 Å². The van der Waals surface area contributed by atoms with Crippen LogP contribution in [-0.4, -0.2) is 10.8 Å². The molecule has 0 aliphatic heterocycles. The first-order chi connectivity index (χ1) is 11.4. The molecule has 0 atom stereocenters. The molecule has 1 heterocycles. The van der Waals surface area contributed by atoms with Crippen molar-refractivity contribution >= 4 is 23.5 Å². The second kappa shape index (κ2) is 6.66.